The van der Waals surface area contributed by atoms with Gasteiger partial charge < -0.3 is 18.9 Å². The highest BCUT2D eigenvalue weighted by atomic mass is 16.6. The van der Waals surface area contributed by atoms with Crippen molar-refractivity contribution in [2.75, 3.05) is 6.54 Å². The van der Waals surface area contributed by atoms with Crippen LogP contribution in [-0.2, 0) is 37.0 Å². The van der Waals surface area contributed by atoms with Gasteiger partial charge in [-0.15, -0.1) is 0 Å². The predicted octanol–water partition coefficient (Wildman–Crippen LogP) is 4.29. The molecule has 1 saturated heterocycles. The van der Waals surface area contributed by atoms with Gasteiger partial charge >= 0.3 is 24.0 Å². The summed E-state index contributed by atoms with van der Waals surface area (Å²) in [6, 6.07) is 23.4. The zero-order valence-corrected chi connectivity index (χ0v) is 20.8. The minimum Gasteiger partial charge on any atom is -0.459 e. The molecule has 3 aromatic carbocycles. The SMILES string of the molecule is CC(=O)Oc1ccccc1C(=O)O[C@@H]1C[C@@H](C(=O)OCc2ccccc2)N(C(=O)OCc2ccccc2)C1. The van der Waals surface area contributed by atoms with Gasteiger partial charge in [0.15, 0.2) is 0 Å². The Morgan fingerprint density at radius 2 is 1.37 bits per heavy atom. The molecule has 0 saturated carbocycles. The van der Waals surface area contributed by atoms with E-state index < -0.39 is 36.1 Å². The number of nitrogens with zero attached hydrogens (tertiary/aromatic N) is 1. The molecule has 3 aromatic rings. The molecule has 1 heterocycles. The van der Waals surface area contributed by atoms with Crippen molar-refractivity contribution < 1.29 is 38.1 Å². The second-order valence-corrected chi connectivity index (χ2v) is 8.65. The third kappa shape index (κ3) is 6.97. The molecule has 196 valence electrons. The Kier molecular flexibility index (Phi) is 8.71. The Bertz CT molecular complexity index is 1210. The van der Waals surface area contributed by atoms with Crippen molar-refractivity contribution in [1.29, 1.82) is 0 Å². The van der Waals surface area contributed by atoms with Crippen LogP contribution in [-0.4, -0.2) is 47.6 Å². The number of carbonyl (C=O) groups excluding carboxylic acids is 4. The highest BCUT2D eigenvalue weighted by molar-refractivity contribution is 5.93. The zero-order chi connectivity index (χ0) is 26.9. The first-order valence-corrected chi connectivity index (χ1v) is 12.1. The summed E-state index contributed by atoms with van der Waals surface area (Å²) in [6.07, 6.45) is -1.52. The van der Waals surface area contributed by atoms with Crippen LogP contribution >= 0.6 is 0 Å². The van der Waals surface area contributed by atoms with E-state index in [1.54, 1.807) is 12.1 Å². The summed E-state index contributed by atoms with van der Waals surface area (Å²) in [4.78, 5) is 51.5. The van der Waals surface area contributed by atoms with E-state index >= 15 is 0 Å². The molecule has 0 aromatic heterocycles. The van der Waals surface area contributed by atoms with Crippen LogP contribution in [0.2, 0.25) is 0 Å². The van der Waals surface area contributed by atoms with Gasteiger partial charge in [0.05, 0.1) is 6.54 Å². The average Bonchev–Trinajstić information content (AvgIpc) is 3.35. The molecule has 9 heteroatoms. The Labute approximate surface area is 219 Å². The molecule has 9 nitrogen and oxygen atoms in total. The largest absolute Gasteiger partial charge is 0.459 e. The number of esters is 3. The molecule has 1 fully saturated rings. The van der Waals surface area contributed by atoms with Crippen LogP contribution in [0.3, 0.4) is 0 Å². The molecule has 1 aliphatic rings. The van der Waals surface area contributed by atoms with Crippen LogP contribution in [0, 0.1) is 0 Å². The minimum absolute atomic E-state index is 0.0160. The van der Waals surface area contributed by atoms with Crippen molar-refractivity contribution in [3.8, 4) is 5.75 Å². The molecule has 0 radical (unpaired) electrons. The standard InChI is InChI=1S/C29H27NO8/c1-20(31)37-26-15-9-8-14-24(26)27(32)38-23-16-25(28(33)35-18-21-10-4-2-5-11-21)30(17-23)29(34)36-19-22-12-6-3-7-13-22/h2-15,23,25H,16-19H2,1H3/t23-,25+/m1/s1. The molecule has 0 bridgehead atoms. The van der Waals surface area contributed by atoms with E-state index in [-0.39, 0.29) is 37.5 Å². The molecular formula is C29H27NO8. The van der Waals surface area contributed by atoms with Crippen molar-refractivity contribution >= 4 is 24.0 Å². The monoisotopic (exact) mass is 517 g/mol. The molecule has 4 rings (SSSR count). The van der Waals surface area contributed by atoms with Crippen molar-refractivity contribution in [3.05, 3.63) is 102 Å². The van der Waals surface area contributed by atoms with E-state index in [0.29, 0.717) is 0 Å². The van der Waals surface area contributed by atoms with Crippen LogP contribution in [0.1, 0.15) is 34.8 Å². The van der Waals surface area contributed by atoms with E-state index in [9.17, 15) is 19.2 Å². The van der Waals surface area contributed by atoms with Gasteiger partial charge in [0.1, 0.15) is 36.7 Å². The number of likely N-dealkylation sites (tertiary alicyclic amines) is 1. The number of carbonyl (C=O) groups is 4. The van der Waals surface area contributed by atoms with E-state index in [1.165, 1.54) is 24.0 Å². The number of benzene rings is 3. The maximum Gasteiger partial charge on any atom is 0.410 e. The molecule has 0 unspecified atom stereocenters. The Hall–Kier alpha value is -4.66. The first-order chi connectivity index (χ1) is 18.4. The van der Waals surface area contributed by atoms with Crippen LogP contribution in [0.4, 0.5) is 4.79 Å². The lowest BCUT2D eigenvalue weighted by molar-refractivity contribution is -0.150. The lowest BCUT2D eigenvalue weighted by Gasteiger charge is -2.22. The van der Waals surface area contributed by atoms with Gasteiger partial charge in [-0.2, -0.15) is 0 Å². The second kappa shape index (κ2) is 12.5. The van der Waals surface area contributed by atoms with Gasteiger partial charge in [0, 0.05) is 13.3 Å². The summed E-state index contributed by atoms with van der Waals surface area (Å²) in [5.41, 5.74) is 1.63. The highest BCUT2D eigenvalue weighted by Crippen LogP contribution is 2.26. The second-order valence-electron chi connectivity index (χ2n) is 8.65. The molecule has 2 atom stereocenters. The van der Waals surface area contributed by atoms with Crippen LogP contribution in [0.25, 0.3) is 0 Å². The first kappa shape index (κ1) is 26.4. The number of rotatable bonds is 8. The Morgan fingerprint density at radius 1 is 0.789 bits per heavy atom. The fourth-order valence-corrected chi connectivity index (χ4v) is 4.03. The minimum atomic E-state index is -1.01. The molecule has 0 spiro atoms. The van der Waals surface area contributed by atoms with Crippen molar-refractivity contribution in [2.24, 2.45) is 0 Å². The summed E-state index contributed by atoms with van der Waals surface area (Å²) in [5, 5.41) is 0. The van der Waals surface area contributed by atoms with Gasteiger partial charge in [-0.05, 0) is 23.3 Å². The van der Waals surface area contributed by atoms with Gasteiger partial charge in [-0.25, -0.2) is 14.4 Å². The lowest BCUT2D eigenvalue weighted by Crippen LogP contribution is -2.41. The van der Waals surface area contributed by atoms with Gasteiger partial charge in [0.2, 0.25) is 0 Å². The van der Waals surface area contributed by atoms with Gasteiger partial charge in [-0.3, -0.25) is 9.69 Å². The summed E-state index contributed by atoms with van der Waals surface area (Å²) in [5.74, 6) is -1.91. The summed E-state index contributed by atoms with van der Waals surface area (Å²) >= 11 is 0. The Morgan fingerprint density at radius 3 is 2.00 bits per heavy atom. The van der Waals surface area contributed by atoms with Gasteiger partial charge in [0.25, 0.3) is 0 Å². The predicted molar refractivity (Wildman–Crippen MR) is 135 cm³/mol. The average molecular weight is 518 g/mol. The van der Waals surface area contributed by atoms with E-state index in [1.807, 2.05) is 60.7 Å². The maximum absolute atomic E-state index is 13.0. The number of hydrogen-bond acceptors (Lipinski definition) is 8. The summed E-state index contributed by atoms with van der Waals surface area (Å²) < 4.78 is 21.6. The van der Waals surface area contributed by atoms with Crippen LogP contribution < -0.4 is 4.74 Å². The summed E-state index contributed by atoms with van der Waals surface area (Å²) in [6.45, 7) is 1.20. The van der Waals surface area contributed by atoms with E-state index in [0.717, 1.165) is 11.1 Å². The summed E-state index contributed by atoms with van der Waals surface area (Å²) in [7, 11) is 0. The normalized spacial score (nSPS) is 16.4. The molecule has 1 aliphatic heterocycles. The van der Waals surface area contributed by atoms with Crippen molar-refractivity contribution in [2.45, 2.75) is 38.7 Å². The fraction of sp³-hybridized carbons (Fsp3) is 0.241. The Balaban J connectivity index is 1.46. The van der Waals surface area contributed by atoms with E-state index in [4.69, 9.17) is 18.9 Å². The number of hydrogen-bond donors (Lipinski definition) is 0. The number of para-hydroxylation sites is 1. The molecule has 38 heavy (non-hydrogen) atoms. The van der Waals surface area contributed by atoms with Crippen LogP contribution in [0.15, 0.2) is 84.9 Å². The van der Waals surface area contributed by atoms with Crippen molar-refractivity contribution in [3.63, 3.8) is 0 Å². The van der Waals surface area contributed by atoms with E-state index in [2.05, 4.69) is 0 Å². The lowest BCUT2D eigenvalue weighted by atomic mass is 10.2. The van der Waals surface area contributed by atoms with Gasteiger partial charge in [-0.1, -0.05) is 72.8 Å². The molecule has 0 N–H and O–H groups in total. The molecular weight excluding hydrogens is 490 g/mol. The third-order valence-corrected chi connectivity index (χ3v) is 5.83. The first-order valence-electron chi connectivity index (χ1n) is 12.1. The smallest absolute Gasteiger partial charge is 0.410 e. The number of amides is 1. The topological polar surface area (TPSA) is 108 Å². The zero-order valence-electron chi connectivity index (χ0n) is 20.8. The molecule has 0 aliphatic carbocycles. The maximum atomic E-state index is 13.0. The number of ether oxygens (including phenoxy) is 4. The fourth-order valence-electron chi connectivity index (χ4n) is 4.03. The highest BCUT2D eigenvalue weighted by Gasteiger charge is 2.43. The van der Waals surface area contributed by atoms with Crippen molar-refractivity contribution in [1.82, 2.24) is 4.90 Å². The molecule has 1 amide bonds. The van der Waals surface area contributed by atoms with Crippen LogP contribution in [0.5, 0.6) is 5.75 Å². The third-order valence-electron chi connectivity index (χ3n) is 5.83. The quantitative estimate of drug-likeness (QED) is 0.247.